The van der Waals surface area contributed by atoms with Crippen LogP contribution in [-0.2, 0) is 6.42 Å². The lowest BCUT2D eigenvalue weighted by Crippen LogP contribution is -2.28. The Bertz CT molecular complexity index is 433. The molecule has 1 heterocycles. The van der Waals surface area contributed by atoms with Crippen LogP contribution < -0.4 is 5.32 Å². The van der Waals surface area contributed by atoms with Gasteiger partial charge in [0.1, 0.15) is 0 Å². The van der Waals surface area contributed by atoms with Gasteiger partial charge in [-0.15, -0.1) is 10.2 Å². The number of nitrogens with one attached hydrogen (secondary N) is 1. The van der Waals surface area contributed by atoms with Crippen LogP contribution in [-0.4, -0.2) is 29.5 Å². The summed E-state index contributed by atoms with van der Waals surface area (Å²) in [6, 6.07) is 0. The Morgan fingerprint density at radius 2 is 2.05 bits per heavy atom. The van der Waals surface area contributed by atoms with Crippen molar-refractivity contribution >= 4 is 0 Å². The van der Waals surface area contributed by atoms with E-state index in [2.05, 4.69) is 22.4 Å². The van der Waals surface area contributed by atoms with E-state index in [4.69, 9.17) is 4.42 Å². The molecule has 7 heteroatoms. The topological polar surface area (TPSA) is 51.0 Å². The van der Waals surface area contributed by atoms with E-state index < -0.39 is 12.1 Å². The predicted molar refractivity (Wildman–Crippen MR) is 71.9 cm³/mol. The molecule has 0 spiro atoms. The average Bonchev–Trinajstić information content (AvgIpc) is 2.92. The van der Waals surface area contributed by atoms with E-state index in [0.717, 1.165) is 19.5 Å². The van der Waals surface area contributed by atoms with Crippen LogP contribution >= 0.6 is 0 Å². The summed E-state index contributed by atoms with van der Waals surface area (Å²) in [7, 11) is 0. The summed E-state index contributed by atoms with van der Waals surface area (Å²) < 4.78 is 43.9. The monoisotopic (exact) mass is 305 g/mol. The molecule has 2 rings (SSSR count). The van der Waals surface area contributed by atoms with Gasteiger partial charge in [0.2, 0.25) is 11.8 Å². The molecule has 0 radical (unpaired) electrons. The molecule has 1 aliphatic rings. The second kappa shape index (κ2) is 7.24. The van der Waals surface area contributed by atoms with Gasteiger partial charge in [-0.05, 0) is 32.2 Å². The minimum Gasteiger partial charge on any atom is -0.425 e. The molecule has 1 fully saturated rings. The second-order valence-electron chi connectivity index (χ2n) is 5.64. The third-order valence-corrected chi connectivity index (χ3v) is 3.91. The molecule has 1 aromatic rings. The molecule has 0 saturated heterocycles. The van der Waals surface area contributed by atoms with E-state index in [0.29, 0.717) is 31.0 Å². The normalized spacial score (nSPS) is 23.4. The summed E-state index contributed by atoms with van der Waals surface area (Å²) in [5, 5.41) is 11.1. The summed E-state index contributed by atoms with van der Waals surface area (Å²) in [5.41, 5.74) is 0. The molecule has 0 bridgehead atoms. The lowest BCUT2D eigenvalue weighted by molar-refractivity contribution is -0.183. The predicted octanol–water partition coefficient (Wildman–Crippen LogP) is 3.45. The number of alkyl halides is 3. The van der Waals surface area contributed by atoms with E-state index in [-0.39, 0.29) is 18.8 Å². The highest BCUT2D eigenvalue weighted by atomic mass is 19.4. The summed E-state index contributed by atoms with van der Waals surface area (Å²) in [4.78, 5) is 0. The first-order chi connectivity index (χ1) is 10.0. The van der Waals surface area contributed by atoms with Gasteiger partial charge in [-0.2, -0.15) is 13.2 Å². The molecule has 1 aliphatic carbocycles. The third kappa shape index (κ3) is 4.69. The number of rotatable bonds is 6. The van der Waals surface area contributed by atoms with Crippen molar-refractivity contribution in [2.75, 3.05) is 13.1 Å². The molecule has 2 atom stereocenters. The fraction of sp³-hybridized carbons (Fsp3) is 0.857. The van der Waals surface area contributed by atoms with Crippen LogP contribution in [0.5, 0.6) is 0 Å². The summed E-state index contributed by atoms with van der Waals surface area (Å²) in [6.45, 7) is 3.75. The van der Waals surface area contributed by atoms with E-state index in [1.807, 2.05) is 0 Å². The van der Waals surface area contributed by atoms with Crippen molar-refractivity contribution in [3.05, 3.63) is 11.8 Å². The first-order valence-electron chi connectivity index (χ1n) is 7.60. The molecule has 21 heavy (non-hydrogen) atoms. The van der Waals surface area contributed by atoms with Crippen molar-refractivity contribution in [1.82, 2.24) is 15.5 Å². The molecule has 120 valence electrons. The molecule has 1 saturated carbocycles. The highest BCUT2D eigenvalue weighted by Crippen LogP contribution is 2.43. The van der Waals surface area contributed by atoms with Crippen molar-refractivity contribution in [3.63, 3.8) is 0 Å². The van der Waals surface area contributed by atoms with Crippen LogP contribution in [0.4, 0.5) is 13.2 Å². The second-order valence-corrected chi connectivity index (χ2v) is 5.64. The Hall–Kier alpha value is -1.11. The number of aromatic nitrogens is 2. The van der Waals surface area contributed by atoms with Crippen molar-refractivity contribution in [1.29, 1.82) is 0 Å². The summed E-state index contributed by atoms with van der Waals surface area (Å²) in [6.07, 6.45) is -0.919. The highest BCUT2D eigenvalue weighted by Gasteiger charge is 2.43. The van der Waals surface area contributed by atoms with E-state index in [1.165, 1.54) is 0 Å². The quantitative estimate of drug-likeness (QED) is 0.818. The SMILES string of the molecule is CCCNCCc1nnc(C2CCCC(C(F)(F)F)C2)o1. The van der Waals surface area contributed by atoms with Crippen molar-refractivity contribution < 1.29 is 17.6 Å². The summed E-state index contributed by atoms with van der Waals surface area (Å²) >= 11 is 0. The van der Waals surface area contributed by atoms with Gasteiger partial charge < -0.3 is 9.73 Å². The smallest absolute Gasteiger partial charge is 0.391 e. The standard InChI is InChI=1S/C14H22F3N3O/c1-2-7-18-8-6-12-19-20-13(21-12)10-4-3-5-11(9-10)14(15,16)17/h10-11,18H,2-9H2,1H3. The Morgan fingerprint density at radius 1 is 1.24 bits per heavy atom. The highest BCUT2D eigenvalue weighted by molar-refractivity contribution is 4.96. The maximum absolute atomic E-state index is 12.8. The summed E-state index contributed by atoms with van der Waals surface area (Å²) in [5.74, 6) is -0.620. The van der Waals surface area contributed by atoms with Gasteiger partial charge in [-0.3, -0.25) is 0 Å². The first-order valence-corrected chi connectivity index (χ1v) is 7.60. The minimum atomic E-state index is -4.12. The molecular formula is C14H22F3N3O. The lowest BCUT2D eigenvalue weighted by atomic mass is 9.81. The van der Waals surface area contributed by atoms with E-state index in [9.17, 15) is 13.2 Å². The number of nitrogens with zero attached hydrogens (tertiary/aromatic N) is 2. The zero-order valence-electron chi connectivity index (χ0n) is 12.2. The van der Waals surface area contributed by atoms with Gasteiger partial charge in [0.25, 0.3) is 0 Å². The van der Waals surface area contributed by atoms with Gasteiger partial charge in [-0.25, -0.2) is 0 Å². The van der Waals surface area contributed by atoms with Crippen LogP contribution in [0.3, 0.4) is 0 Å². The number of halogens is 3. The molecule has 0 aliphatic heterocycles. The number of hydrogen-bond acceptors (Lipinski definition) is 4. The third-order valence-electron chi connectivity index (χ3n) is 3.91. The van der Waals surface area contributed by atoms with E-state index in [1.54, 1.807) is 0 Å². The molecule has 1 N–H and O–H groups in total. The van der Waals surface area contributed by atoms with Gasteiger partial charge in [0.15, 0.2) is 0 Å². The Morgan fingerprint density at radius 3 is 2.76 bits per heavy atom. The minimum absolute atomic E-state index is 0.0687. The first kappa shape index (κ1) is 16.3. The Labute approximate surface area is 122 Å². The maximum Gasteiger partial charge on any atom is 0.391 e. The van der Waals surface area contributed by atoms with Gasteiger partial charge >= 0.3 is 6.18 Å². The molecular weight excluding hydrogens is 283 g/mol. The van der Waals surface area contributed by atoms with Crippen molar-refractivity contribution in [2.24, 2.45) is 5.92 Å². The van der Waals surface area contributed by atoms with Gasteiger partial charge in [0.05, 0.1) is 5.92 Å². The fourth-order valence-electron chi connectivity index (χ4n) is 2.74. The van der Waals surface area contributed by atoms with Crippen LogP contribution in [0, 0.1) is 5.92 Å². The van der Waals surface area contributed by atoms with Gasteiger partial charge in [0, 0.05) is 18.9 Å². The van der Waals surface area contributed by atoms with Crippen molar-refractivity contribution in [2.45, 2.75) is 57.5 Å². The fourth-order valence-corrected chi connectivity index (χ4v) is 2.74. The van der Waals surface area contributed by atoms with Gasteiger partial charge in [-0.1, -0.05) is 13.3 Å². The van der Waals surface area contributed by atoms with Crippen LogP contribution in [0.15, 0.2) is 4.42 Å². The molecule has 2 unspecified atom stereocenters. The molecule has 0 amide bonds. The van der Waals surface area contributed by atoms with Crippen LogP contribution in [0.2, 0.25) is 0 Å². The average molecular weight is 305 g/mol. The number of hydrogen-bond donors (Lipinski definition) is 1. The maximum atomic E-state index is 12.8. The van der Waals surface area contributed by atoms with Crippen LogP contribution in [0.1, 0.15) is 56.7 Å². The lowest BCUT2D eigenvalue weighted by Gasteiger charge is -2.28. The Balaban J connectivity index is 1.88. The zero-order chi connectivity index (χ0) is 15.3. The van der Waals surface area contributed by atoms with Crippen LogP contribution in [0.25, 0.3) is 0 Å². The largest absolute Gasteiger partial charge is 0.425 e. The zero-order valence-corrected chi connectivity index (χ0v) is 12.2. The molecule has 0 aromatic carbocycles. The van der Waals surface area contributed by atoms with Crippen molar-refractivity contribution in [3.8, 4) is 0 Å². The van der Waals surface area contributed by atoms with E-state index >= 15 is 0 Å². The molecule has 1 aromatic heterocycles. The molecule has 4 nitrogen and oxygen atoms in total. The Kier molecular flexibility index (Phi) is 5.61.